The molecule has 10 heteroatoms. The van der Waals surface area contributed by atoms with Gasteiger partial charge in [-0.15, -0.1) is 0 Å². The van der Waals surface area contributed by atoms with E-state index in [0.29, 0.717) is 12.8 Å². The Morgan fingerprint density at radius 2 is 1.00 bits per heavy atom. The third-order valence-corrected chi connectivity index (χ3v) is 7.69. The Balaban J connectivity index is 2.55. The molecular weight excluding hydrogens is 688 g/mol. The van der Waals surface area contributed by atoms with Gasteiger partial charge in [0.1, 0.15) is 31.0 Å². The molecule has 1 aliphatic rings. The Labute approximate surface area is 322 Å². The van der Waals surface area contributed by atoms with Crippen LogP contribution in [-0.4, -0.2) is 89.0 Å². The molecule has 1 fully saturated rings. The van der Waals surface area contributed by atoms with Crippen LogP contribution in [0.2, 0.25) is 0 Å². The summed E-state index contributed by atoms with van der Waals surface area (Å²) in [6.45, 7) is 2.92. The molecule has 0 saturated carbocycles. The summed E-state index contributed by atoms with van der Waals surface area (Å²) in [5.74, 6) is -1.12. The summed E-state index contributed by atoms with van der Waals surface area (Å²) in [7, 11) is 0. The zero-order valence-corrected chi connectivity index (χ0v) is 32.1. The molecule has 300 valence electrons. The lowest BCUT2D eigenvalue weighted by molar-refractivity contribution is -0.305. The number of rotatable bonds is 28. The highest BCUT2D eigenvalue weighted by atomic mass is 16.7. The second-order valence-electron chi connectivity index (χ2n) is 12.3. The quantitative estimate of drug-likeness (QED) is 0.0369. The first kappa shape index (κ1) is 48.1. The van der Waals surface area contributed by atoms with Gasteiger partial charge in [-0.3, -0.25) is 9.59 Å². The average Bonchev–Trinajstić information content (AvgIpc) is 3.17. The maximum atomic E-state index is 12.6. The van der Waals surface area contributed by atoms with Crippen LogP contribution < -0.4 is 0 Å². The monoisotopic (exact) mass is 752 g/mol. The van der Waals surface area contributed by atoms with Crippen molar-refractivity contribution in [1.29, 1.82) is 0 Å². The number of allylic oxidation sites excluding steroid dienone is 18. The Morgan fingerprint density at radius 3 is 1.50 bits per heavy atom. The van der Waals surface area contributed by atoms with E-state index in [2.05, 4.69) is 80.7 Å². The molecule has 0 spiro atoms. The molecule has 1 heterocycles. The zero-order chi connectivity index (χ0) is 39.5. The lowest BCUT2D eigenvalue weighted by Gasteiger charge is -2.39. The van der Waals surface area contributed by atoms with Gasteiger partial charge in [0.15, 0.2) is 12.4 Å². The zero-order valence-electron chi connectivity index (χ0n) is 32.1. The van der Waals surface area contributed by atoms with Crippen molar-refractivity contribution < 1.29 is 49.0 Å². The Hall–Kier alpha value is -3.90. The minimum absolute atomic E-state index is 0.0154. The molecule has 10 nitrogen and oxygen atoms in total. The molecule has 0 unspecified atom stereocenters. The predicted octanol–water partition coefficient (Wildman–Crippen LogP) is 7.15. The van der Waals surface area contributed by atoms with Gasteiger partial charge in [-0.25, -0.2) is 0 Å². The number of aliphatic hydroxyl groups excluding tert-OH is 4. The number of hydrogen-bond acceptors (Lipinski definition) is 10. The lowest BCUT2D eigenvalue weighted by atomic mass is 9.99. The van der Waals surface area contributed by atoms with Crippen LogP contribution in [0.3, 0.4) is 0 Å². The van der Waals surface area contributed by atoms with Crippen LogP contribution >= 0.6 is 0 Å². The van der Waals surface area contributed by atoms with E-state index in [1.54, 1.807) is 12.2 Å². The van der Waals surface area contributed by atoms with E-state index in [1.807, 2.05) is 42.5 Å². The van der Waals surface area contributed by atoms with Crippen molar-refractivity contribution in [3.8, 4) is 0 Å². The number of aliphatic hydroxyl groups is 4. The normalized spacial score (nSPS) is 22.1. The third kappa shape index (κ3) is 25.2. The second kappa shape index (κ2) is 33.7. The van der Waals surface area contributed by atoms with Gasteiger partial charge in [0.05, 0.1) is 26.1 Å². The van der Waals surface area contributed by atoms with Gasteiger partial charge >= 0.3 is 11.9 Å². The SMILES string of the molecule is CC/C=C\C=C/C/C=C\C/C=C\C/C=C\CC(=O)O[C@H](COC(=O)C/C=C\C/C=C\C/C=C\C/C=C\C/C=C\CC)CO[C@@H]1O[C@H](CO)[C@H](O)[C@H](O)[C@H]1O. The van der Waals surface area contributed by atoms with Crippen LogP contribution in [0.25, 0.3) is 0 Å². The van der Waals surface area contributed by atoms with Gasteiger partial charge in [0.2, 0.25) is 0 Å². The van der Waals surface area contributed by atoms with Crippen molar-refractivity contribution in [3.05, 3.63) is 122 Å². The van der Waals surface area contributed by atoms with Gasteiger partial charge in [0.25, 0.3) is 0 Å². The number of carbonyl (C=O) groups is 2. The molecule has 4 N–H and O–H groups in total. The van der Waals surface area contributed by atoms with E-state index in [0.717, 1.165) is 44.9 Å². The maximum Gasteiger partial charge on any atom is 0.310 e. The van der Waals surface area contributed by atoms with Gasteiger partial charge in [0, 0.05) is 0 Å². The van der Waals surface area contributed by atoms with E-state index in [9.17, 15) is 30.0 Å². The van der Waals surface area contributed by atoms with E-state index in [4.69, 9.17) is 18.9 Å². The fourth-order valence-electron chi connectivity index (χ4n) is 4.70. The summed E-state index contributed by atoms with van der Waals surface area (Å²) in [5, 5.41) is 39.9. The van der Waals surface area contributed by atoms with Crippen LogP contribution in [0.5, 0.6) is 0 Å². The highest BCUT2D eigenvalue weighted by Crippen LogP contribution is 2.22. The van der Waals surface area contributed by atoms with Crippen LogP contribution in [0.4, 0.5) is 0 Å². The molecule has 0 bridgehead atoms. The van der Waals surface area contributed by atoms with Crippen molar-refractivity contribution in [2.75, 3.05) is 19.8 Å². The molecule has 1 rings (SSSR count). The average molecular weight is 753 g/mol. The molecule has 54 heavy (non-hydrogen) atoms. The van der Waals surface area contributed by atoms with Gasteiger partial charge in [-0.05, 0) is 57.8 Å². The third-order valence-electron chi connectivity index (χ3n) is 7.69. The molecular formula is C44H64O10. The fraction of sp³-hybridized carbons (Fsp3) is 0.500. The Kier molecular flexibility index (Phi) is 30.0. The maximum absolute atomic E-state index is 12.6. The van der Waals surface area contributed by atoms with Crippen molar-refractivity contribution in [3.63, 3.8) is 0 Å². The van der Waals surface area contributed by atoms with Gasteiger partial charge < -0.3 is 39.4 Å². The highest BCUT2D eigenvalue weighted by Gasteiger charge is 2.44. The molecule has 1 aliphatic heterocycles. The number of hydrogen-bond donors (Lipinski definition) is 4. The fourth-order valence-corrected chi connectivity index (χ4v) is 4.70. The smallest absolute Gasteiger partial charge is 0.310 e. The second-order valence-corrected chi connectivity index (χ2v) is 12.3. The summed E-state index contributed by atoms with van der Waals surface area (Å²) in [4.78, 5) is 25.1. The van der Waals surface area contributed by atoms with E-state index in [-0.39, 0.29) is 26.1 Å². The first-order valence-corrected chi connectivity index (χ1v) is 19.1. The summed E-state index contributed by atoms with van der Waals surface area (Å²) in [6, 6.07) is 0. The molecule has 0 aromatic carbocycles. The molecule has 0 aromatic rings. The summed E-state index contributed by atoms with van der Waals surface area (Å²) in [6.07, 6.45) is 39.8. The minimum atomic E-state index is -1.63. The topological polar surface area (TPSA) is 152 Å². The van der Waals surface area contributed by atoms with Gasteiger partial charge in [-0.1, -0.05) is 135 Å². The predicted molar refractivity (Wildman–Crippen MR) is 214 cm³/mol. The van der Waals surface area contributed by atoms with Crippen LogP contribution in [0.15, 0.2) is 122 Å². The van der Waals surface area contributed by atoms with E-state index in [1.165, 1.54) is 0 Å². The molecule has 0 amide bonds. The largest absolute Gasteiger partial charge is 0.461 e. The number of esters is 2. The number of ether oxygens (including phenoxy) is 4. The van der Waals surface area contributed by atoms with Crippen LogP contribution in [-0.2, 0) is 28.5 Å². The van der Waals surface area contributed by atoms with E-state index >= 15 is 0 Å². The van der Waals surface area contributed by atoms with Crippen LogP contribution in [0, 0.1) is 0 Å². The lowest BCUT2D eigenvalue weighted by Crippen LogP contribution is -2.59. The van der Waals surface area contributed by atoms with Gasteiger partial charge in [-0.2, -0.15) is 0 Å². The molecule has 0 aliphatic carbocycles. The first-order valence-electron chi connectivity index (χ1n) is 19.1. The molecule has 0 aromatic heterocycles. The minimum Gasteiger partial charge on any atom is -0.461 e. The molecule has 0 radical (unpaired) electrons. The Morgan fingerprint density at radius 1 is 0.556 bits per heavy atom. The van der Waals surface area contributed by atoms with Crippen molar-refractivity contribution in [2.45, 2.75) is 121 Å². The molecule has 1 saturated heterocycles. The number of carbonyl (C=O) groups excluding carboxylic acids is 2. The van der Waals surface area contributed by atoms with Crippen LogP contribution in [0.1, 0.15) is 84.5 Å². The van der Waals surface area contributed by atoms with Crippen molar-refractivity contribution >= 4 is 11.9 Å². The highest BCUT2D eigenvalue weighted by molar-refractivity contribution is 5.72. The summed E-state index contributed by atoms with van der Waals surface area (Å²) in [5.41, 5.74) is 0. The first-order chi connectivity index (χ1) is 26.3. The standard InChI is InChI=1S/C44H64O10/c1-3-5-7-9-11-13-15-17-19-21-22-24-26-28-30-32-39(46)51-35-37(36-52-44-43(50)42(49)41(48)38(34-45)54-44)53-40(47)33-31-29-27-25-23-20-18-16-14-12-10-8-6-4-2/h5-8,10-13,16-19,22-25,28-31,37-38,41-45,48-50H,3-4,9,14-15,20-21,26-27,32-36H2,1-2H3/b7-5-,8-6-,12-10-,13-11-,18-16-,19-17-,24-22-,25-23-,30-28-,31-29-/t37-,38-,41+,42+,43-,44-/m1/s1. The molecule has 6 atom stereocenters. The van der Waals surface area contributed by atoms with Crippen molar-refractivity contribution in [2.24, 2.45) is 0 Å². The Bertz CT molecular complexity index is 1280. The van der Waals surface area contributed by atoms with E-state index < -0.39 is 55.4 Å². The summed E-state index contributed by atoms with van der Waals surface area (Å²) < 4.78 is 21.8. The van der Waals surface area contributed by atoms with Crippen molar-refractivity contribution in [1.82, 2.24) is 0 Å². The summed E-state index contributed by atoms with van der Waals surface area (Å²) >= 11 is 0.